The molecule has 1 saturated heterocycles. The smallest absolute Gasteiger partial charge is 0.166 e. The molecule has 0 atom stereocenters. The number of nitrogens with one attached hydrogen (secondary N) is 1. The number of aryl methyl sites for hydroxylation is 1. The average molecular weight is 438 g/mol. The molecule has 2 N–H and O–H groups in total. The van der Waals surface area contributed by atoms with Crippen LogP contribution in [0.2, 0.25) is 0 Å². The van der Waals surface area contributed by atoms with Gasteiger partial charge in [0.15, 0.2) is 6.29 Å². The van der Waals surface area contributed by atoms with Crippen molar-refractivity contribution in [2.75, 3.05) is 20.1 Å². The van der Waals surface area contributed by atoms with Crippen LogP contribution in [0, 0.1) is 0 Å². The zero-order valence-electron chi connectivity index (χ0n) is 19.5. The number of aldehydes is 2. The van der Waals surface area contributed by atoms with Crippen LogP contribution in [0.4, 0.5) is 0 Å². The number of carbonyl (C=O) groups excluding carboxylic acids is 2. The topological polar surface area (TPSA) is 74.6 Å². The van der Waals surface area contributed by atoms with Gasteiger partial charge in [0, 0.05) is 35.6 Å². The third-order valence-corrected chi connectivity index (χ3v) is 5.78. The summed E-state index contributed by atoms with van der Waals surface area (Å²) in [5.41, 5.74) is 2.31. The molecule has 0 bridgehead atoms. The fourth-order valence-electron chi connectivity index (χ4n) is 3.73. The number of phenolic OH excluding ortho intramolecular Hbond substituents is 1. The van der Waals surface area contributed by atoms with E-state index >= 15 is 0 Å². The van der Waals surface area contributed by atoms with E-state index in [0.29, 0.717) is 11.8 Å². The number of aromatic nitrogens is 1. The quantitative estimate of drug-likeness (QED) is 0.596. The maximum Gasteiger partial charge on any atom is 0.166 e. The minimum atomic E-state index is 0.125. The van der Waals surface area contributed by atoms with E-state index in [4.69, 9.17) is 5.11 Å². The van der Waals surface area contributed by atoms with Crippen molar-refractivity contribution in [3.8, 4) is 5.75 Å². The standard InChI is InChI=1S/C10H9NO.C9H20N2.C7H6O2/c1-11-9(7-12)6-8-4-2-3-5-10(8)11;1-8(2)11-6-4-9(10-3)5-7-11;8-5-6-2-1-3-7(9)4-6/h2-7H,1H3;8-10H,4-7H2,1-3H3;1-5,9H. The molecule has 6 heteroatoms. The second-order valence-corrected chi connectivity index (χ2v) is 8.21. The van der Waals surface area contributed by atoms with E-state index in [0.717, 1.165) is 35.0 Å². The molecule has 2 heterocycles. The number of hydrogen-bond donors (Lipinski definition) is 2. The van der Waals surface area contributed by atoms with Crippen molar-refractivity contribution in [2.45, 2.75) is 38.8 Å². The highest BCUT2D eigenvalue weighted by molar-refractivity contribution is 5.88. The van der Waals surface area contributed by atoms with E-state index < -0.39 is 0 Å². The number of hydrogen-bond acceptors (Lipinski definition) is 5. The summed E-state index contributed by atoms with van der Waals surface area (Å²) in [7, 11) is 3.96. The van der Waals surface area contributed by atoms with Gasteiger partial charge in [0.1, 0.15) is 12.0 Å². The van der Waals surface area contributed by atoms with Gasteiger partial charge in [-0.1, -0.05) is 30.3 Å². The highest BCUT2D eigenvalue weighted by atomic mass is 16.3. The first-order valence-corrected chi connectivity index (χ1v) is 11.0. The Bertz CT molecular complexity index is 989. The molecule has 0 spiro atoms. The molecule has 1 aliphatic rings. The minimum absolute atomic E-state index is 0.125. The van der Waals surface area contributed by atoms with Crippen LogP contribution in [0.15, 0.2) is 54.6 Å². The predicted molar refractivity (Wildman–Crippen MR) is 131 cm³/mol. The Kier molecular flexibility index (Phi) is 10.1. The van der Waals surface area contributed by atoms with Crippen molar-refractivity contribution in [2.24, 2.45) is 7.05 Å². The van der Waals surface area contributed by atoms with Gasteiger partial charge >= 0.3 is 0 Å². The third kappa shape index (κ3) is 7.32. The Labute approximate surface area is 190 Å². The van der Waals surface area contributed by atoms with Crippen LogP contribution >= 0.6 is 0 Å². The largest absolute Gasteiger partial charge is 0.508 e. The highest BCUT2D eigenvalue weighted by Gasteiger charge is 2.18. The molecular weight excluding hydrogens is 402 g/mol. The summed E-state index contributed by atoms with van der Waals surface area (Å²) in [6.07, 6.45) is 4.20. The van der Waals surface area contributed by atoms with E-state index in [1.807, 2.05) is 41.9 Å². The van der Waals surface area contributed by atoms with E-state index in [1.165, 1.54) is 38.1 Å². The Morgan fingerprint density at radius 1 is 1.00 bits per heavy atom. The fraction of sp³-hybridized carbons (Fsp3) is 0.385. The van der Waals surface area contributed by atoms with Crippen LogP contribution in [0.3, 0.4) is 0 Å². The first-order valence-electron chi connectivity index (χ1n) is 11.0. The predicted octanol–water partition coefficient (Wildman–Crippen LogP) is 4.27. The van der Waals surface area contributed by atoms with Crippen molar-refractivity contribution in [3.63, 3.8) is 0 Å². The molecule has 1 fully saturated rings. The summed E-state index contributed by atoms with van der Waals surface area (Å²) in [4.78, 5) is 23.2. The number of piperidine rings is 1. The number of benzene rings is 2. The second-order valence-electron chi connectivity index (χ2n) is 8.21. The molecule has 32 heavy (non-hydrogen) atoms. The lowest BCUT2D eigenvalue weighted by Gasteiger charge is -2.34. The molecular formula is C26H35N3O3. The molecule has 0 saturated carbocycles. The fourth-order valence-corrected chi connectivity index (χ4v) is 3.73. The summed E-state index contributed by atoms with van der Waals surface area (Å²) in [5.74, 6) is 0.125. The lowest BCUT2D eigenvalue weighted by molar-refractivity contribution is 0.111. The van der Waals surface area contributed by atoms with Crippen LogP contribution in [-0.4, -0.2) is 59.4 Å². The molecule has 6 nitrogen and oxygen atoms in total. The average Bonchev–Trinajstić information content (AvgIpc) is 3.15. The molecule has 1 aliphatic heterocycles. The number of carbonyl (C=O) groups is 2. The Morgan fingerprint density at radius 3 is 2.19 bits per heavy atom. The van der Waals surface area contributed by atoms with Crippen LogP contribution in [0.5, 0.6) is 5.75 Å². The summed E-state index contributed by atoms with van der Waals surface area (Å²) in [5, 5.41) is 13.2. The maximum absolute atomic E-state index is 10.6. The van der Waals surface area contributed by atoms with Gasteiger partial charge in [-0.05, 0) is 71.1 Å². The monoisotopic (exact) mass is 437 g/mol. The number of nitrogens with zero attached hydrogens (tertiary/aromatic N) is 2. The van der Waals surface area contributed by atoms with E-state index in [2.05, 4.69) is 31.1 Å². The number of phenols is 1. The molecule has 0 radical (unpaired) electrons. The Hall–Kier alpha value is -2.96. The molecule has 0 aliphatic carbocycles. The molecule has 2 aromatic carbocycles. The zero-order valence-corrected chi connectivity index (χ0v) is 19.5. The van der Waals surface area contributed by atoms with Gasteiger partial charge in [0.2, 0.25) is 0 Å². The molecule has 172 valence electrons. The molecule has 4 rings (SSSR count). The van der Waals surface area contributed by atoms with Gasteiger partial charge in [-0.2, -0.15) is 0 Å². The van der Waals surface area contributed by atoms with Crippen molar-refractivity contribution in [3.05, 3.63) is 65.9 Å². The van der Waals surface area contributed by atoms with Crippen molar-refractivity contribution >= 4 is 23.5 Å². The van der Waals surface area contributed by atoms with E-state index in [1.54, 1.807) is 12.1 Å². The first kappa shape index (κ1) is 25.3. The van der Waals surface area contributed by atoms with E-state index in [9.17, 15) is 9.59 Å². The molecule has 0 unspecified atom stereocenters. The molecule has 1 aromatic heterocycles. The number of para-hydroxylation sites is 1. The lowest BCUT2D eigenvalue weighted by atomic mass is 10.0. The highest BCUT2D eigenvalue weighted by Crippen LogP contribution is 2.16. The Morgan fingerprint density at radius 2 is 1.69 bits per heavy atom. The number of rotatable bonds is 4. The van der Waals surface area contributed by atoms with E-state index in [-0.39, 0.29) is 5.75 Å². The van der Waals surface area contributed by atoms with Crippen molar-refractivity contribution < 1.29 is 14.7 Å². The second kappa shape index (κ2) is 12.8. The van der Waals surface area contributed by atoms with Crippen LogP contribution < -0.4 is 5.32 Å². The lowest BCUT2D eigenvalue weighted by Crippen LogP contribution is -2.43. The van der Waals surface area contributed by atoms with Gasteiger partial charge in [-0.15, -0.1) is 0 Å². The minimum Gasteiger partial charge on any atom is -0.508 e. The number of likely N-dealkylation sites (tertiary alicyclic amines) is 1. The van der Waals surface area contributed by atoms with Crippen molar-refractivity contribution in [1.29, 1.82) is 0 Å². The summed E-state index contributed by atoms with van der Waals surface area (Å²) >= 11 is 0. The van der Waals surface area contributed by atoms with Crippen LogP contribution in [-0.2, 0) is 7.05 Å². The summed E-state index contributed by atoms with van der Waals surface area (Å²) in [6, 6.07) is 17.5. The van der Waals surface area contributed by atoms with Gasteiger partial charge in [-0.25, -0.2) is 0 Å². The van der Waals surface area contributed by atoms with Gasteiger partial charge < -0.3 is 19.9 Å². The summed E-state index contributed by atoms with van der Waals surface area (Å²) < 4.78 is 1.89. The molecule has 3 aromatic rings. The third-order valence-electron chi connectivity index (χ3n) is 5.78. The maximum atomic E-state index is 10.6. The zero-order chi connectivity index (χ0) is 23.5. The SMILES string of the molecule is CNC1CCN(C(C)C)CC1.Cn1c(C=O)cc2ccccc21.O=Cc1cccc(O)c1. The van der Waals surface area contributed by atoms with Gasteiger partial charge in [-0.3, -0.25) is 9.59 Å². The van der Waals surface area contributed by atoms with Gasteiger partial charge in [0.05, 0.1) is 5.69 Å². The van der Waals surface area contributed by atoms with Gasteiger partial charge in [0.25, 0.3) is 0 Å². The normalized spacial score (nSPS) is 14.3. The first-order chi connectivity index (χ1) is 15.4. The number of aromatic hydroxyl groups is 1. The summed E-state index contributed by atoms with van der Waals surface area (Å²) in [6.45, 7) is 7.09. The van der Waals surface area contributed by atoms with Crippen molar-refractivity contribution in [1.82, 2.24) is 14.8 Å². The molecule has 0 amide bonds. The Balaban J connectivity index is 0.000000172. The van der Waals surface area contributed by atoms with Crippen LogP contribution in [0.1, 0.15) is 47.5 Å². The number of fused-ring (bicyclic) bond motifs is 1. The van der Waals surface area contributed by atoms with Crippen LogP contribution in [0.25, 0.3) is 10.9 Å².